The first kappa shape index (κ1) is 15.1. The highest BCUT2D eigenvalue weighted by molar-refractivity contribution is 5.11. The van der Waals surface area contributed by atoms with E-state index in [0.717, 1.165) is 12.0 Å². The van der Waals surface area contributed by atoms with Crippen LogP contribution in [-0.2, 0) is 0 Å². The summed E-state index contributed by atoms with van der Waals surface area (Å²) in [6, 6.07) is 0.898. The Morgan fingerprint density at radius 1 is 1.16 bits per heavy atom. The van der Waals surface area contributed by atoms with Crippen LogP contribution in [0.5, 0.6) is 0 Å². The summed E-state index contributed by atoms with van der Waals surface area (Å²) >= 11 is 0. The first-order valence-corrected chi connectivity index (χ1v) is 8.58. The summed E-state index contributed by atoms with van der Waals surface area (Å²) in [5.74, 6) is 0.917. The highest BCUT2D eigenvalue weighted by Crippen LogP contribution is 2.33. The second-order valence-corrected chi connectivity index (χ2v) is 6.91. The summed E-state index contributed by atoms with van der Waals surface area (Å²) in [4.78, 5) is 1.59. The lowest BCUT2D eigenvalue weighted by molar-refractivity contribution is -0.860. The summed E-state index contributed by atoms with van der Waals surface area (Å²) in [7, 11) is 4.52. The third-order valence-electron chi connectivity index (χ3n) is 4.97. The third-order valence-corrected chi connectivity index (χ3v) is 4.97. The van der Waals surface area contributed by atoms with E-state index >= 15 is 0 Å². The molecule has 2 aliphatic carbocycles. The van der Waals surface area contributed by atoms with Gasteiger partial charge in [0.1, 0.15) is 0 Å². The summed E-state index contributed by atoms with van der Waals surface area (Å²) in [6.07, 6.45) is 15.4. The highest BCUT2D eigenvalue weighted by Gasteiger charge is 2.30. The molecule has 3 N–H and O–H groups in total. The fourth-order valence-electron chi connectivity index (χ4n) is 3.89. The Balaban J connectivity index is 1.80. The van der Waals surface area contributed by atoms with E-state index in [-0.39, 0.29) is 0 Å². The van der Waals surface area contributed by atoms with Crippen LogP contribution in [-0.4, -0.2) is 33.2 Å². The molecule has 2 atom stereocenters. The van der Waals surface area contributed by atoms with Crippen molar-refractivity contribution in [3.8, 4) is 0 Å². The molecule has 0 unspecified atom stereocenters. The molecule has 110 valence electrons. The number of allylic oxidation sites excluding steroid dienone is 1. The lowest BCUT2D eigenvalue weighted by atomic mass is 9.76. The molecule has 19 heavy (non-hydrogen) atoms. The Bertz CT molecular complexity index is 283. The van der Waals surface area contributed by atoms with Crippen molar-refractivity contribution in [1.82, 2.24) is 0 Å². The first-order valence-electron chi connectivity index (χ1n) is 8.58. The van der Waals surface area contributed by atoms with Gasteiger partial charge in [0, 0.05) is 12.3 Å². The molecule has 2 heteroatoms. The van der Waals surface area contributed by atoms with Crippen molar-refractivity contribution in [3.05, 3.63) is 11.6 Å². The number of nitrogens with one attached hydrogen (secondary N) is 1. The van der Waals surface area contributed by atoms with Crippen LogP contribution in [0.1, 0.15) is 57.8 Å². The average molecular weight is 266 g/mol. The summed E-state index contributed by atoms with van der Waals surface area (Å²) in [5.41, 5.74) is 1.82. The molecule has 0 aliphatic heterocycles. The SMILES string of the molecule is C[NH+](C)CCC[NH2+][C@@H]1CCCC[C@H]1C1=CCCCC1. The van der Waals surface area contributed by atoms with Gasteiger partial charge in [0.25, 0.3) is 0 Å². The van der Waals surface area contributed by atoms with Crippen molar-refractivity contribution in [1.29, 1.82) is 0 Å². The van der Waals surface area contributed by atoms with Gasteiger partial charge in [0.15, 0.2) is 0 Å². The minimum atomic E-state index is 0.898. The van der Waals surface area contributed by atoms with Crippen LogP contribution in [0.15, 0.2) is 11.6 Å². The van der Waals surface area contributed by atoms with E-state index in [1.54, 1.807) is 4.90 Å². The van der Waals surface area contributed by atoms with Crippen molar-refractivity contribution in [2.75, 3.05) is 27.2 Å². The lowest BCUT2D eigenvalue weighted by Gasteiger charge is -2.33. The second kappa shape index (κ2) is 8.06. The van der Waals surface area contributed by atoms with Crippen molar-refractivity contribution >= 4 is 0 Å². The van der Waals surface area contributed by atoms with Gasteiger partial charge in [-0.2, -0.15) is 0 Å². The van der Waals surface area contributed by atoms with Crippen molar-refractivity contribution in [3.63, 3.8) is 0 Å². The molecule has 0 saturated heterocycles. The molecule has 0 aromatic rings. The minimum absolute atomic E-state index is 0.898. The van der Waals surface area contributed by atoms with Gasteiger partial charge < -0.3 is 10.2 Å². The van der Waals surface area contributed by atoms with Crippen LogP contribution in [0.2, 0.25) is 0 Å². The fraction of sp³-hybridized carbons (Fsp3) is 0.882. The second-order valence-electron chi connectivity index (χ2n) is 6.91. The van der Waals surface area contributed by atoms with Gasteiger partial charge in [0.05, 0.1) is 33.2 Å². The van der Waals surface area contributed by atoms with Gasteiger partial charge in [-0.15, -0.1) is 0 Å². The lowest BCUT2D eigenvalue weighted by Crippen LogP contribution is -3.06. The molecule has 0 aromatic heterocycles. The molecule has 1 saturated carbocycles. The minimum Gasteiger partial charge on any atom is -0.343 e. The van der Waals surface area contributed by atoms with Gasteiger partial charge in [-0.3, -0.25) is 0 Å². The Morgan fingerprint density at radius 2 is 2.00 bits per heavy atom. The van der Waals surface area contributed by atoms with Crippen LogP contribution in [0.3, 0.4) is 0 Å². The van der Waals surface area contributed by atoms with E-state index in [1.807, 2.05) is 5.57 Å². The van der Waals surface area contributed by atoms with E-state index in [0.29, 0.717) is 0 Å². The predicted octanol–water partition coefficient (Wildman–Crippen LogP) is 1.14. The molecular formula is C17H34N2+2. The number of quaternary nitrogens is 2. The van der Waals surface area contributed by atoms with E-state index in [1.165, 1.54) is 70.9 Å². The van der Waals surface area contributed by atoms with Gasteiger partial charge in [-0.25, -0.2) is 0 Å². The van der Waals surface area contributed by atoms with Crippen LogP contribution < -0.4 is 10.2 Å². The zero-order valence-electron chi connectivity index (χ0n) is 13.1. The molecule has 0 heterocycles. The van der Waals surface area contributed by atoms with Crippen molar-refractivity contribution in [2.24, 2.45) is 5.92 Å². The normalized spacial score (nSPS) is 28.5. The Kier molecular flexibility index (Phi) is 6.39. The smallest absolute Gasteiger partial charge is 0.0925 e. The van der Waals surface area contributed by atoms with Gasteiger partial charge in [0.2, 0.25) is 0 Å². The zero-order chi connectivity index (χ0) is 13.5. The highest BCUT2D eigenvalue weighted by atomic mass is 15.1. The monoisotopic (exact) mass is 266 g/mol. The van der Waals surface area contributed by atoms with Crippen LogP contribution in [0, 0.1) is 5.92 Å². The number of hydrogen-bond acceptors (Lipinski definition) is 0. The number of hydrogen-bond donors (Lipinski definition) is 2. The van der Waals surface area contributed by atoms with E-state index < -0.39 is 0 Å². The average Bonchev–Trinajstić information content (AvgIpc) is 2.45. The van der Waals surface area contributed by atoms with Crippen molar-refractivity contribution < 1.29 is 10.2 Å². The van der Waals surface area contributed by atoms with Crippen LogP contribution >= 0.6 is 0 Å². The zero-order valence-corrected chi connectivity index (χ0v) is 13.1. The molecule has 0 bridgehead atoms. The molecule has 0 amide bonds. The standard InChI is InChI=1S/C17H32N2/c1-19(2)14-8-13-18-17-12-7-6-11-16(17)15-9-4-3-5-10-15/h9,16-18H,3-8,10-14H2,1-2H3/p+2/t16-,17+/m0/s1. The maximum Gasteiger partial charge on any atom is 0.0925 e. The molecule has 2 aliphatic rings. The van der Waals surface area contributed by atoms with Gasteiger partial charge in [-0.1, -0.05) is 18.1 Å². The van der Waals surface area contributed by atoms with E-state index in [4.69, 9.17) is 0 Å². The molecular weight excluding hydrogens is 232 g/mol. The molecule has 2 rings (SSSR count). The van der Waals surface area contributed by atoms with Crippen molar-refractivity contribution in [2.45, 2.75) is 63.8 Å². The molecule has 1 fully saturated rings. The number of rotatable bonds is 6. The van der Waals surface area contributed by atoms with Gasteiger partial charge in [-0.05, 0) is 44.9 Å². The molecule has 2 nitrogen and oxygen atoms in total. The van der Waals surface area contributed by atoms with Crippen LogP contribution in [0.4, 0.5) is 0 Å². The molecule has 0 spiro atoms. The maximum atomic E-state index is 2.68. The summed E-state index contributed by atoms with van der Waals surface area (Å²) in [6.45, 7) is 2.65. The Labute approximate surface area is 119 Å². The Morgan fingerprint density at radius 3 is 2.74 bits per heavy atom. The Hall–Kier alpha value is -0.340. The molecule has 0 radical (unpaired) electrons. The quantitative estimate of drug-likeness (QED) is 0.531. The van der Waals surface area contributed by atoms with E-state index in [2.05, 4.69) is 25.5 Å². The predicted molar refractivity (Wildman–Crippen MR) is 81.4 cm³/mol. The van der Waals surface area contributed by atoms with Gasteiger partial charge >= 0.3 is 0 Å². The van der Waals surface area contributed by atoms with Crippen LogP contribution in [0.25, 0.3) is 0 Å². The topological polar surface area (TPSA) is 21.1 Å². The number of nitrogens with two attached hydrogens (primary N) is 1. The maximum absolute atomic E-state index is 2.68. The first-order chi connectivity index (χ1) is 9.27. The summed E-state index contributed by atoms with van der Waals surface area (Å²) in [5, 5.41) is 2.68. The largest absolute Gasteiger partial charge is 0.343 e. The molecule has 0 aromatic carbocycles. The third kappa shape index (κ3) is 4.92. The van der Waals surface area contributed by atoms with E-state index in [9.17, 15) is 0 Å². The summed E-state index contributed by atoms with van der Waals surface area (Å²) < 4.78 is 0. The fourth-order valence-corrected chi connectivity index (χ4v) is 3.89.